The highest BCUT2D eigenvalue weighted by Crippen LogP contribution is 2.40. The molecule has 0 spiro atoms. The highest BCUT2D eigenvalue weighted by atomic mass is 32.2. The number of benzene rings is 1. The fraction of sp³-hybridized carbons (Fsp3) is 0.400. The Bertz CT molecular complexity index is 1400. The van der Waals surface area contributed by atoms with Gasteiger partial charge in [0.25, 0.3) is 5.91 Å². The zero-order valence-corrected chi connectivity index (χ0v) is 23.0. The average molecular weight is 582 g/mol. The number of thioether (sulfide) groups is 1. The van der Waals surface area contributed by atoms with Crippen molar-refractivity contribution < 1.29 is 32.3 Å². The van der Waals surface area contributed by atoms with Gasteiger partial charge in [-0.3, -0.25) is 9.59 Å². The molecule has 39 heavy (non-hydrogen) atoms. The van der Waals surface area contributed by atoms with E-state index in [-0.39, 0.29) is 19.1 Å². The van der Waals surface area contributed by atoms with Gasteiger partial charge in [0, 0.05) is 11.9 Å². The van der Waals surface area contributed by atoms with Gasteiger partial charge < -0.3 is 19.9 Å². The maximum atomic E-state index is 13.2. The Labute approximate surface area is 230 Å². The highest BCUT2D eigenvalue weighted by molar-refractivity contribution is 8.00. The van der Waals surface area contributed by atoms with E-state index in [1.165, 1.54) is 23.5 Å². The van der Waals surface area contributed by atoms with E-state index >= 15 is 0 Å². The van der Waals surface area contributed by atoms with Crippen LogP contribution in [0.4, 0.5) is 18.2 Å². The van der Waals surface area contributed by atoms with Crippen LogP contribution in [0.25, 0.3) is 0 Å². The molecule has 0 fully saturated rings. The number of carbonyl (C=O) groups excluding carboxylic acids is 3. The summed E-state index contributed by atoms with van der Waals surface area (Å²) in [7, 11) is 1.63. The number of amides is 2. The third-order valence-electron chi connectivity index (χ3n) is 6.10. The van der Waals surface area contributed by atoms with Crippen molar-refractivity contribution in [1.29, 1.82) is 0 Å². The van der Waals surface area contributed by atoms with Gasteiger partial charge in [0.2, 0.25) is 5.91 Å². The number of aryl methyl sites for hydroxylation is 1. The quantitative estimate of drug-likeness (QED) is 0.280. The molecule has 2 heterocycles. The van der Waals surface area contributed by atoms with Gasteiger partial charge in [0.1, 0.15) is 5.00 Å². The predicted molar refractivity (Wildman–Crippen MR) is 140 cm³/mol. The lowest BCUT2D eigenvalue weighted by Crippen LogP contribution is -2.27. The molecule has 0 radical (unpaired) electrons. The third kappa shape index (κ3) is 6.27. The number of nitrogens with zero attached hydrogens (tertiary/aromatic N) is 3. The van der Waals surface area contributed by atoms with Crippen LogP contribution in [0.5, 0.6) is 0 Å². The first-order valence-corrected chi connectivity index (χ1v) is 13.8. The molecule has 1 aromatic carbocycles. The van der Waals surface area contributed by atoms with Crippen LogP contribution < -0.4 is 10.6 Å². The molecule has 3 aromatic rings. The first-order chi connectivity index (χ1) is 18.5. The number of nitrogens with one attached hydrogen (secondary N) is 2. The van der Waals surface area contributed by atoms with Gasteiger partial charge in [-0.25, -0.2) is 4.79 Å². The van der Waals surface area contributed by atoms with Gasteiger partial charge in [-0.05, 0) is 50.8 Å². The van der Waals surface area contributed by atoms with E-state index in [0.717, 1.165) is 53.6 Å². The summed E-state index contributed by atoms with van der Waals surface area (Å²) in [5.41, 5.74) is -0.164. The molecular weight excluding hydrogens is 555 g/mol. The molecule has 0 aliphatic heterocycles. The number of thiophene rings is 1. The van der Waals surface area contributed by atoms with Gasteiger partial charge in [0.05, 0.1) is 35.1 Å². The first kappa shape index (κ1) is 28.6. The molecule has 1 aliphatic carbocycles. The van der Waals surface area contributed by atoms with E-state index in [0.29, 0.717) is 21.5 Å². The lowest BCUT2D eigenvalue weighted by molar-refractivity contribution is -0.138. The average Bonchev–Trinajstić information content (AvgIpc) is 3.57. The van der Waals surface area contributed by atoms with Crippen LogP contribution in [-0.2, 0) is 42.1 Å². The normalized spacial score (nSPS) is 13.6. The number of carbonyl (C=O) groups is 3. The lowest BCUT2D eigenvalue weighted by Gasteiger charge is -2.13. The number of anilines is 1. The molecular formula is C25H26F3N5O4S2. The fourth-order valence-electron chi connectivity index (χ4n) is 4.12. The Morgan fingerprint density at radius 2 is 1.95 bits per heavy atom. The van der Waals surface area contributed by atoms with Crippen LogP contribution in [0.2, 0.25) is 0 Å². The van der Waals surface area contributed by atoms with Crippen LogP contribution >= 0.6 is 23.1 Å². The molecule has 2 amide bonds. The van der Waals surface area contributed by atoms with Crippen LogP contribution in [-0.4, -0.2) is 44.4 Å². The number of esters is 1. The minimum atomic E-state index is -4.67. The molecule has 1 atom stereocenters. The molecule has 9 nitrogen and oxygen atoms in total. The number of rotatable bonds is 9. The van der Waals surface area contributed by atoms with Crippen LogP contribution in [0.1, 0.15) is 62.8 Å². The third-order valence-corrected chi connectivity index (χ3v) is 8.44. The van der Waals surface area contributed by atoms with Crippen molar-refractivity contribution in [2.24, 2.45) is 7.05 Å². The topological polar surface area (TPSA) is 115 Å². The molecule has 0 saturated heterocycles. The van der Waals surface area contributed by atoms with Crippen LogP contribution in [0, 0.1) is 0 Å². The smallest absolute Gasteiger partial charge is 0.417 e. The largest absolute Gasteiger partial charge is 0.462 e. The van der Waals surface area contributed by atoms with Crippen molar-refractivity contribution in [3.63, 3.8) is 0 Å². The summed E-state index contributed by atoms with van der Waals surface area (Å²) < 4.78 is 46.5. The van der Waals surface area contributed by atoms with Gasteiger partial charge in [0.15, 0.2) is 11.0 Å². The van der Waals surface area contributed by atoms with Crippen LogP contribution in [0.15, 0.2) is 29.4 Å². The molecule has 1 unspecified atom stereocenters. The molecule has 1 aliphatic rings. The Balaban J connectivity index is 1.40. The van der Waals surface area contributed by atoms with Gasteiger partial charge in [-0.15, -0.1) is 21.5 Å². The number of alkyl halides is 3. The zero-order chi connectivity index (χ0) is 28.3. The number of fused-ring (bicyclic) bond motifs is 1. The van der Waals surface area contributed by atoms with Gasteiger partial charge >= 0.3 is 12.1 Å². The second-order valence-electron chi connectivity index (χ2n) is 8.72. The van der Waals surface area contributed by atoms with E-state index in [2.05, 4.69) is 20.8 Å². The molecule has 4 rings (SSSR count). The molecule has 0 bridgehead atoms. The van der Waals surface area contributed by atoms with Crippen molar-refractivity contribution in [1.82, 2.24) is 20.1 Å². The summed E-state index contributed by atoms with van der Waals surface area (Å²) in [6.45, 7) is 3.46. The number of halogens is 3. The monoisotopic (exact) mass is 581 g/mol. The van der Waals surface area contributed by atoms with Crippen molar-refractivity contribution in [3.05, 3.63) is 57.2 Å². The first-order valence-electron chi connectivity index (χ1n) is 12.1. The van der Waals surface area contributed by atoms with Crippen molar-refractivity contribution in [2.75, 3.05) is 11.9 Å². The lowest BCUT2D eigenvalue weighted by atomic mass is 10.1. The molecule has 14 heteroatoms. The van der Waals surface area contributed by atoms with E-state index in [9.17, 15) is 27.6 Å². The Morgan fingerprint density at radius 3 is 2.67 bits per heavy atom. The van der Waals surface area contributed by atoms with Crippen molar-refractivity contribution >= 4 is 45.9 Å². The molecule has 2 N–H and O–H groups in total. The van der Waals surface area contributed by atoms with E-state index in [1.807, 2.05) is 0 Å². The van der Waals surface area contributed by atoms with Gasteiger partial charge in [-0.1, -0.05) is 23.9 Å². The summed E-state index contributed by atoms with van der Waals surface area (Å²) in [6.07, 6.45) is -2.09. The Hall–Kier alpha value is -3.39. The Morgan fingerprint density at radius 1 is 1.21 bits per heavy atom. The number of hydrogen-bond acceptors (Lipinski definition) is 8. The van der Waals surface area contributed by atoms with E-state index in [1.54, 1.807) is 25.5 Å². The molecule has 0 saturated carbocycles. The predicted octanol–water partition coefficient (Wildman–Crippen LogP) is 4.61. The molecule has 208 valence electrons. The number of ether oxygens (including phenoxy) is 1. The molecule has 2 aromatic heterocycles. The maximum Gasteiger partial charge on any atom is 0.417 e. The summed E-state index contributed by atoms with van der Waals surface area (Å²) in [5.74, 6) is -1.40. The minimum absolute atomic E-state index is 0.167. The second kappa shape index (κ2) is 11.8. The SMILES string of the molecule is CCOC(=O)c1c(NC(=O)C(C)Sc2nnc(CNC(=O)c3ccccc3C(F)(F)F)n2C)sc2c1CCC2. The summed E-state index contributed by atoms with van der Waals surface area (Å²) in [6, 6.07) is 4.52. The number of hydrogen-bond donors (Lipinski definition) is 2. The van der Waals surface area contributed by atoms with Crippen molar-refractivity contribution in [3.8, 4) is 0 Å². The standard InChI is InChI=1S/C25H26F3N5O4S2/c1-4-37-23(36)19-15-9-7-11-17(15)39-22(19)30-20(34)13(2)38-24-32-31-18(33(24)3)12-29-21(35)14-8-5-6-10-16(14)25(26,27)28/h5-6,8,10,13H,4,7,9,11-12H2,1-3H3,(H,29,35)(H,30,34). The summed E-state index contributed by atoms with van der Waals surface area (Å²) in [5, 5.41) is 13.6. The minimum Gasteiger partial charge on any atom is -0.462 e. The van der Waals surface area contributed by atoms with E-state index in [4.69, 9.17) is 4.74 Å². The highest BCUT2D eigenvalue weighted by Gasteiger charge is 2.35. The maximum absolute atomic E-state index is 13.2. The fourth-order valence-corrected chi connectivity index (χ4v) is 6.24. The number of aromatic nitrogens is 3. The van der Waals surface area contributed by atoms with Gasteiger partial charge in [-0.2, -0.15) is 13.2 Å². The zero-order valence-electron chi connectivity index (χ0n) is 21.3. The van der Waals surface area contributed by atoms with Crippen LogP contribution in [0.3, 0.4) is 0 Å². The summed E-state index contributed by atoms with van der Waals surface area (Å²) >= 11 is 2.50. The summed E-state index contributed by atoms with van der Waals surface area (Å²) in [4.78, 5) is 39.1. The van der Waals surface area contributed by atoms with Crippen molar-refractivity contribution in [2.45, 2.75) is 56.2 Å². The van der Waals surface area contributed by atoms with E-state index < -0.39 is 34.4 Å². The Kier molecular flexibility index (Phi) is 8.64. The second-order valence-corrected chi connectivity index (χ2v) is 11.1.